The highest BCUT2D eigenvalue weighted by atomic mass is 16.6. The van der Waals surface area contributed by atoms with Crippen LogP contribution in [0.25, 0.3) is 0 Å². The lowest BCUT2D eigenvalue weighted by atomic mass is 10.0. The van der Waals surface area contributed by atoms with Crippen molar-refractivity contribution in [2.45, 2.75) is 98.0 Å². The molecule has 1 fully saturated rings. The number of nitrogens with zero attached hydrogens (tertiary/aromatic N) is 1. The van der Waals surface area contributed by atoms with Gasteiger partial charge in [0.15, 0.2) is 0 Å². The van der Waals surface area contributed by atoms with Crippen molar-refractivity contribution in [1.29, 1.82) is 0 Å². The van der Waals surface area contributed by atoms with E-state index in [0.29, 0.717) is 0 Å². The van der Waals surface area contributed by atoms with Crippen LogP contribution >= 0.6 is 0 Å². The van der Waals surface area contributed by atoms with Gasteiger partial charge in [0.05, 0.1) is 12.3 Å². The quantitative estimate of drug-likeness (QED) is 0.531. The van der Waals surface area contributed by atoms with Gasteiger partial charge in [0.1, 0.15) is 22.8 Å². The van der Waals surface area contributed by atoms with Crippen LogP contribution in [0.1, 0.15) is 75.2 Å². The molecule has 0 radical (unpaired) electrons. The van der Waals surface area contributed by atoms with Crippen molar-refractivity contribution in [1.82, 2.24) is 4.90 Å². The zero-order valence-electron chi connectivity index (χ0n) is 18.4. The van der Waals surface area contributed by atoms with Gasteiger partial charge in [-0.05, 0) is 68.7 Å². The van der Waals surface area contributed by atoms with Gasteiger partial charge < -0.3 is 14.2 Å². The third kappa shape index (κ3) is 7.48. The van der Waals surface area contributed by atoms with Crippen LogP contribution < -0.4 is 0 Å². The molecule has 0 aromatic heterocycles. The van der Waals surface area contributed by atoms with Crippen LogP contribution in [0.15, 0.2) is 0 Å². The summed E-state index contributed by atoms with van der Waals surface area (Å²) in [6.45, 7) is 15.2. The van der Waals surface area contributed by atoms with Gasteiger partial charge in [0.25, 0.3) is 0 Å². The summed E-state index contributed by atoms with van der Waals surface area (Å²) in [4.78, 5) is 50.9. The van der Waals surface area contributed by atoms with Gasteiger partial charge in [-0.3, -0.25) is 9.59 Å². The van der Waals surface area contributed by atoms with Gasteiger partial charge in [-0.1, -0.05) is 0 Å². The lowest BCUT2D eigenvalue weighted by molar-refractivity contribution is -0.161. The van der Waals surface area contributed by atoms with E-state index in [1.54, 1.807) is 62.3 Å². The first kappa shape index (κ1) is 23.9. The Balaban J connectivity index is 3.06. The van der Waals surface area contributed by atoms with Gasteiger partial charge in [-0.15, -0.1) is 0 Å². The third-order valence-electron chi connectivity index (χ3n) is 3.51. The number of likely N-dealkylation sites (tertiary alicyclic amines) is 1. The van der Waals surface area contributed by atoms with E-state index >= 15 is 0 Å². The smallest absolute Gasteiger partial charge is 0.417 e. The van der Waals surface area contributed by atoms with Gasteiger partial charge in [0.2, 0.25) is 5.91 Å². The summed E-state index contributed by atoms with van der Waals surface area (Å²) in [5.41, 5.74) is -2.34. The Morgan fingerprint density at radius 1 is 0.857 bits per heavy atom. The molecule has 1 aliphatic heterocycles. The number of esters is 2. The van der Waals surface area contributed by atoms with Crippen LogP contribution in [0.2, 0.25) is 0 Å². The molecule has 0 bridgehead atoms. The molecular formula is C20H33NO7. The largest absolute Gasteiger partial charge is 0.460 e. The first-order chi connectivity index (χ1) is 12.4. The average Bonchev–Trinajstić information content (AvgIpc) is 2.70. The Hall–Kier alpha value is -2.12. The lowest BCUT2D eigenvalue weighted by Crippen LogP contribution is -2.47. The normalized spacial score (nSPS) is 20.8. The number of hydrogen-bond donors (Lipinski definition) is 0. The molecule has 0 saturated carbocycles. The molecule has 1 heterocycles. The molecule has 8 nitrogen and oxygen atoms in total. The molecule has 1 saturated heterocycles. The van der Waals surface area contributed by atoms with E-state index in [-0.39, 0.29) is 12.8 Å². The monoisotopic (exact) mass is 399 g/mol. The molecule has 28 heavy (non-hydrogen) atoms. The maximum atomic E-state index is 12.8. The summed E-state index contributed by atoms with van der Waals surface area (Å²) >= 11 is 0. The number of hydrogen-bond acceptors (Lipinski definition) is 7. The van der Waals surface area contributed by atoms with Crippen LogP contribution in [-0.2, 0) is 28.6 Å². The molecule has 0 spiro atoms. The maximum Gasteiger partial charge on any atom is 0.417 e. The molecule has 0 aromatic rings. The second-order valence-electron chi connectivity index (χ2n) is 9.96. The van der Waals surface area contributed by atoms with Crippen molar-refractivity contribution >= 4 is 23.9 Å². The minimum Gasteiger partial charge on any atom is -0.460 e. The Morgan fingerprint density at radius 3 is 1.75 bits per heavy atom. The summed E-state index contributed by atoms with van der Waals surface area (Å²) < 4.78 is 15.9. The fourth-order valence-corrected chi connectivity index (χ4v) is 2.68. The van der Waals surface area contributed by atoms with E-state index in [1.165, 1.54) is 0 Å². The predicted molar refractivity (Wildman–Crippen MR) is 101 cm³/mol. The average molecular weight is 399 g/mol. The third-order valence-corrected chi connectivity index (χ3v) is 3.51. The highest BCUT2D eigenvalue weighted by Gasteiger charge is 2.50. The Kier molecular flexibility index (Phi) is 6.91. The van der Waals surface area contributed by atoms with Crippen LogP contribution in [0.3, 0.4) is 0 Å². The fraction of sp³-hybridized carbons (Fsp3) is 0.800. The lowest BCUT2D eigenvalue weighted by Gasteiger charge is -2.28. The number of rotatable bonds is 3. The van der Waals surface area contributed by atoms with Crippen molar-refractivity contribution in [3.63, 3.8) is 0 Å². The molecule has 1 aliphatic rings. The van der Waals surface area contributed by atoms with Crippen molar-refractivity contribution in [3.8, 4) is 0 Å². The van der Waals surface area contributed by atoms with Gasteiger partial charge in [0, 0.05) is 0 Å². The highest BCUT2D eigenvalue weighted by Crippen LogP contribution is 2.31. The summed E-state index contributed by atoms with van der Waals surface area (Å²) in [7, 11) is 0. The van der Waals surface area contributed by atoms with E-state index < -0.39 is 52.7 Å². The van der Waals surface area contributed by atoms with Gasteiger partial charge >= 0.3 is 18.0 Å². The topological polar surface area (TPSA) is 99.2 Å². The van der Waals surface area contributed by atoms with Crippen LogP contribution in [0, 0.1) is 5.92 Å². The number of imide groups is 1. The number of carbonyl (C=O) groups is 4. The van der Waals surface area contributed by atoms with E-state index in [0.717, 1.165) is 4.90 Å². The molecule has 160 valence electrons. The standard InChI is InChI=1S/C20H33NO7/c1-18(2,3)26-14(22)11-12-10-13(16(24)27-19(4,5)6)21(15(12)23)17(25)28-20(7,8)9/h12-13H,10-11H2,1-9H3. The van der Waals surface area contributed by atoms with Gasteiger partial charge in [-0.2, -0.15) is 0 Å². The van der Waals surface area contributed by atoms with E-state index in [4.69, 9.17) is 14.2 Å². The van der Waals surface area contributed by atoms with E-state index in [2.05, 4.69) is 0 Å². The second-order valence-corrected chi connectivity index (χ2v) is 9.96. The molecule has 1 rings (SSSR count). The first-order valence-electron chi connectivity index (χ1n) is 9.40. The number of ether oxygens (including phenoxy) is 3. The minimum absolute atomic E-state index is 0.0216. The van der Waals surface area contributed by atoms with Crippen molar-refractivity contribution in [2.75, 3.05) is 0 Å². The van der Waals surface area contributed by atoms with Crippen molar-refractivity contribution in [2.24, 2.45) is 5.92 Å². The highest BCUT2D eigenvalue weighted by molar-refractivity contribution is 6.01. The molecule has 2 atom stereocenters. The maximum absolute atomic E-state index is 12.8. The minimum atomic E-state index is -1.14. The molecule has 2 unspecified atom stereocenters. The summed E-state index contributed by atoms with van der Waals surface area (Å²) in [5, 5.41) is 0. The molecule has 0 aliphatic carbocycles. The van der Waals surface area contributed by atoms with E-state index in [1.807, 2.05) is 0 Å². The molecule has 0 aromatic carbocycles. The number of carbonyl (C=O) groups excluding carboxylic acids is 4. The molecule has 2 amide bonds. The Morgan fingerprint density at radius 2 is 1.32 bits per heavy atom. The zero-order valence-corrected chi connectivity index (χ0v) is 18.4. The molecule has 8 heteroatoms. The number of amides is 2. The molecule has 0 N–H and O–H groups in total. The second kappa shape index (κ2) is 8.09. The van der Waals surface area contributed by atoms with Crippen LogP contribution in [0.5, 0.6) is 0 Å². The predicted octanol–water partition coefficient (Wildman–Crippen LogP) is 3.21. The first-order valence-corrected chi connectivity index (χ1v) is 9.40. The van der Waals surface area contributed by atoms with Crippen molar-refractivity contribution < 1.29 is 33.4 Å². The fourth-order valence-electron chi connectivity index (χ4n) is 2.68. The Bertz CT molecular complexity index is 634. The molecular weight excluding hydrogens is 366 g/mol. The van der Waals surface area contributed by atoms with Crippen molar-refractivity contribution in [3.05, 3.63) is 0 Å². The van der Waals surface area contributed by atoms with E-state index in [9.17, 15) is 19.2 Å². The summed E-state index contributed by atoms with van der Waals surface area (Å²) in [5.74, 6) is -2.78. The zero-order chi connectivity index (χ0) is 22.1. The van der Waals surface area contributed by atoms with Crippen LogP contribution in [-0.4, -0.2) is 51.7 Å². The van der Waals surface area contributed by atoms with Crippen LogP contribution in [0.4, 0.5) is 4.79 Å². The SMILES string of the molecule is CC(C)(C)OC(=O)CC1CC(C(=O)OC(C)(C)C)N(C(=O)OC(C)(C)C)C1=O. The summed E-state index contributed by atoms with van der Waals surface area (Å²) in [6, 6.07) is -1.14. The van der Waals surface area contributed by atoms with Gasteiger partial charge in [-0.25, -0.2) is 14.5 Å². The Labute approximate surface area is 166 Å². The summed E-state index contributed by atoms with van der Waals surface area (Å²) in [6.07, 6.45) is -1.18.